The maximum Gasteiger partial charge on any atom is 0.204 e. The van der Waals surface area contributed by atoms with Gasteiger partial charge in [-0.25, -0.2) is 0 Å². The molecule has 0 radical (unpaired) electrons. The molecule has 1 aromatic rings. The highest BCUT2D eigenvalue weighted by Crippen LogP contribution is 2.89. The SMILES string of the molecule is CC1=CCC[C@]23O[C@]4(c5ccoc5)OC[C@]12[C@@]1(O)C[C@H](C)[C@]3(C)[C@H]41. The summed E-state index contributed by atoms with van der Waals surface area (Å²) in [6, 6.07) is 1.94. The highest BCUT2D eigenvalue weighted by molar-refractivity contribution is 5.50. The Morgan fingerprint density at radius 3 is 2.92 bits per heavy atom. The van der Waals surface area contributed by atoms with Crippen LogP contribution >= 0.6 is 0 Å². The molecule has 2 saturated carbocycles. The van der Waals surface area contributed by atoms with Crippen molar-refractivity contribution in [1.29, 1.82) is 0 Å². The first kappa shape index (κ1) is 14.1. The average Bonchev–Trinajstić information content (AvgIpc) is 3.21. The fourth-order valence-corrected chi connectivity index (χ4v) is 7.98. The Hall–Kier alpha value is -1.10. The molecule has 128 valence electrons. The van der Waals surface area contributed by atoms with Gasteiger partial charge in [0.2, 0.25) is 5.79 Å². The largest absolute Gasteiger partial charge is 0.472 e. The van der Waals surface area contributed by atoms with Crippen LogP contribution < -0.4 is 0 Å². The molecule has 1 aromatic heterocycles. The lowest BCUT2D eigenvalue weighted by Gasteiger charge is -2.67. The van der Waals surface area contributed by atoms with E-state index in [1.54, 1.807) is 12.5 Å². The van der Waals surface area contributed by atoms with Gasteiger partial charge in [-0.1, -0.05) is 25.5 Å². The minimum Gasteiger partial charge on any atom is -0.472 e. The molecule has 7 atom stereocenters. The Morgan fingerprint density at radius 1 is 1.33 bits per heavy atom. The quantitative estimate of drug-likeness (QED) is 0.803. The Morgan fingerprint density at radius 2 is 2.17 bits per heavy atom. The zero-order valence-corrected chi connectivity index (χ0v) is 14.5. The number of allylic oxidation sites excluding steroid dienone is 1. The van der Waals surface area contributed by atoms with Crippen LogP contribution in [0.2, 0.25) is 0 Å². The van der Waals surface area contributed by atoms with E-state index in [1.165, 1.54) is 5.57 Å². The van der Waals surface area contributed by atoms with Gasteiger partial charge in [0.15, 0.2) is 0 Å². The molecule has 3 aliphatic carbocycles. The molecule has 24 heavy (non-hydrogen) atoms. The van der Waals surface area contributed by atoms with Crippen LogP contribution in [0.25, 0.3) is 0 Å². The molecule has 3 aliphatic heterocycles. The summed E-state index contributed by atoms with van der Waals surface area (Å²) in [4.78, 5) is 0. The monoisotopic (exact) mass is 328 g/mol. The second-order valence-electron chi connectivity index (χ2n) is 8.97. The van der Waals surface area contributed by atoms with Gasteiger partial charge in [-0.3, -0.25) is 0 Å². The maximum absolute atomic E-state index is 12.1. The van der Waals surface area contributed by atoms with Gasteiger partial charge in [0.05, 0.1) is 41.7 Å². The van der Waals surface area contributed by atoms with Crippen LogP contribution in [0.3, 0.4) is 0 Å². The fourth-order valence-electron chi connectivity index (χ4n) is 7.98. The summed E-state index contributed by atoms with van der Waals surface area (Å²) in [5.41, 5.74) is 0.586. The average molecular weight is 328 g/mol. The second-order valence-corrected chi connectivity index (χ2v) is 8.97. The highest BCUT2D eigenvalue weighted by Gasteiger charge is 2.97. The standard InChI is InChI=1S/C20H24O4/c1-12-5-4-7-19-16(3)13(2)9-18(21)15(16)20(24-19,14-6-8-22-10-14)23-11-17(12,18)19/h5-6,8,10,13,15,21H,4,7,9,11H2,1-3H3/t13-,15-,16+,17+,18+,19+,20-/m0/s1. The van der Waals surface area contributed by atoms with Gasteiger partial charge in [-0.05, 0) is 38.2 Å². The van der Waals surface area contributed by atoms with Crippen molar-refractivity contribution in [2.45, 2.75) is 57.0 Å². The molecule has 4 nitrogen and oxygen atoms in total. The first-order chi connectivity index (χ1) is 11.4. The summed E-state index contributed by atoms with van der Waals surface area (Å²) in [5.74, 6) is -0.511. The molecule has 7 rings (SSSR count). The van der Waals surface area contributed by atoms with E-state index in [0.717, 1.165) is 24.8 Å². The molecule has 2 spiro atoms. The third-order valence-corrected chi connectivity index (χ3v) is 8.77. The summed E-state index contributed by atoms with van der Waals surface area (Å²) in [7, 11) is 0. The predicted molar refractivity (Wildman–Crippen MR) is 85.9 cm³/mol. The zero-order valence-electron chi connectivity index (χ0n) is 14.5. The molecular weight excluding hydrogens is 304 g/mol. The number of hydrogen-bond acceptors (Lipinski definition) is 4. The number of rotatable bonds is 1. The topological polar surface area (TPSA) is 51.8 Å². The summed E-state index contributed by atoms with van der Waals surface area (Å²) in [6.45, 7) is 7.33. The summed E-state index contributed by atoms with van der Waals surface area (Å²) >= 11 is 0. The van der Waals surface area contributed by atoms with E-state index < -0.39 is 16.8 Å². The number of furan rings is 1. The van der Waals surface area contributed by atoms with Crippen molar-refractivity contribution >= 4 is 0 Å². The molecule has 0 aromatic carbocycles. The third-order valence-electron chi connectivity index (χ3n) is 8.77. The summed E-state index contributed by atoms with van der Waals surface area (Å²) in [5, 5.41) is 12.1. The van der Waals surface area contributed by atoms with Crippen molar-refractivity contribution in [3.8, 4) is 0 Å². The molecule has 1 N–H and O–H groups in total. The smallest absolute Gasteiger partial charge is 0.204 e. The molecule has 0 amide bonds. The molecular formula is C20H24O4. The lowest BCUT2D eigenvalue weighted by molar-refractivity contribution is -0.430. The number of ether oxygens (including phenoxy) is 2. The maximum atomic E-state index is 12.1. The van der Waals surface area contributed by atoms with Crippen LogP contribution in [0, 0.1) is 22.7 Å². The number of fused-ring (bicyclic) bond motifs is 1. The normalized spacial score (nSPS) is 59.8. The first-order valence-electron chi connectivity index (χ1n) is 9.15. The molecule has 4 heteroatoms. The van der Waals surface area contributed by atoms with Crippen LogP contribution in [0.15, 0.2) is 34.7 Å². The van der Waals surface area contributed by atoms with Gasteiger partial charge < -0.3 is 19.0 Å². The number of hydrogen-bond donors (Lipinski definition) is 1. The first-order valence-corrected chi connectivity index (χ1v) is 9.15. The van der Waals surface area contributed by atoms with Crippen molar-refractivity contribution in [3.05, 3.63) is 35.8 Å². The van der Waals surface area contributed by atoms with Gasteiger partial charge in [-0.15, -0.1) is 0 Å². The van der Waals surface area contributed by atoms with Crippen molar-refractivity contribution in [2.24, 2.45) is 22.7 Å². The van der Waals surface area contributed by atoms with Crippen molar-refractivity contribution in [3.63, 3.8) is 0 Å². The van der Waals surface area contributed by atoms with Gasteiger partial charge in [0.1, 0.15) is 0 Å². The molecule has 6 aliphatic rings. The van der Waals surface area contributed by atoms with Crippen LogP contribution in [-0.2, 0) is 15.3 Å². The summed E-state index contributed by atoms with van der Waals surface area (Å²) < 4.78 is 18.8. The predicted octanol–water partition coefficient (Wildman–Crippen LogP) is 3.37. The number of aliphatic hydroxyl groups is 1. The van der Waals surface area contributed by atoms with E-state index in [0.29, 0.717) is 12.5 Å². The van der Waals surface area contributed by atoms with E-state index in [1.807, 2.05) is 6.07 Å². The van der Waals surface area contributed by atoms with Gasteiger partial charge in [0, 0.05) is 11.0 Å². The zero-order chi connectivity index (χ0) is 16.6. The van der Waals surface area contributed by atoms with Crippen LogP contribution in [0.1, 0.15) is 45.6 Å². The van der Waals surface area contributed by atoms with Crippen molar-refractivity contribution < 1.29 is 19.0 Å². The molecule has 3 saturated heterocycles. The van der Waals surface area contributed by atoms with E-state index in [-0.39, 0.29) is 16.9 Å². The molecule has 6 bridgehead atoms. The lowest BCUT2D eigenvalue weighted by Crippen LogP contribution is -2.75. The van der Waals surface area contributed by atoms with Crippen LogP contribution in [0.4, 0.5) is 0 Å². The Labute approximate surface area is 141 Å². The summed E-state index contributed by atoms with van der Waals surface area (Å²) in [6.07, 6.45) is 8.50. The molecule has 0 unspecified atom stereocenters. The Kier molecular flexibility index (Phi) is 2.09. The lowest BCUT2D eigenvalue weighted by atomic mass is 9.49. The molecule has 4 heterocycles. The van der Waals surface area contributed by atoms with Crippen molar-refractivity contribution in [1.82, 2.24) is 0 Å². The van der Waals surface area contributed by atoms with E-state index in [4.69, 9.17) is 13.9 Å². The van der Waals surface area contributed by atoms with E-state index in [2.05, 4.69) is 26.8 Å². The molecule has 5 fully saturated rings. The van der Waals surface area contributed by atoms with Crippen LogP contribution in [0.5, 0.6) is 0 Å². The van der Waals surface area contributed by atoms with E-state index >= 15 is 0 Å². The highest BCUT2D eigenvalue weighted by atomic mass is 16.7. The Bertz CT molecular complexity index is 784. The van der Waals surface area contributed by atoms with Crippen molar-refractivity contribution in [2.75, 3.05) is 6.61 Å². The Balaban J connectivity index is 1.72. The fraction of sp³-hybridized carbons (Fsp3) is 0.700. The van der Waals surface area contributed by atoms with Gasteiger partial charge in [-0.2, -0.15) is 0 Å². The van der Waals surface area contributed by atoms with E-state index in [9.17, 15) is 5.11 Å². The second kappa shape index (κ2) is 3.55. The third kappa shape index (κ3) is 0.939. The minimum absolute atomic E-state index is 0.0553. The van der Waals surface area contributed by atoms with Crippen LogP contribution in [-0.4, -0.2) is 22.9 Å². The minimum atomic E-state index is -0.860. The van der Waals surface area contributed by atoms with Gasteiger partial charge in [0.25, 0.3) is 0 Å². The van der Waals surface area contributed by atoms with Gasteiger partial charge >= 0.3 is 0 Å².